The molecule has 2 heterocycles. The van der Waals surface area contributed by atoms with E-state index in [9.17, 15) is 27.6 Å². The van der Waals surface area contributed by atoms with Crippen LogP contribution in [0.15, 0.2) is 33.9 Å². The van der Waals surface area contributed by atoms with E-state index in [1.54, 1.807) is 0 Å². The van der Waals surface area contributed by atoms with Crippen LogP contribution in [0, 0.1) is 0 Å². The monoisotopic (exact) mass is 423 g/mol. The van der Waals surface area contributed by atoms with E-state index in [-0.39, 0.29) is 17.1 Å². The maximum absolute atomic E-state index is 13.3. The summed E-state index contributed by atoms with van der Waals surface area (Å²) in [4.78, 5) is 43.5. The predicted molar refractivity (Wildman–Crippen MR) is 105 cm³/mol. The lowest BCUT2D eigenvalue weighted by Gasteiger charge is -2.13. The third-order valence-electron chi connectivity index (χ3n) is 4.66. The Kier molecular flexibility index (Phi) is 5.81. The van der Waals surface area contributed by atoms with Crippen molar-refractivity contribution in [2.45, 2.75) is 32.5 Å². The van der Waals surface area contributed by atoms with Gasteiger partial charge in [0.15, 0.2) is 16.9 Å². The normalized spacial score (nSPS) is 11.8. The number of hydrogen-bond donors (Lipinski definition) is 2. The van der Waals surface area contributed by atoms with E-state index in [1.807, 2.05) is 6.92 Å². The molecule has 2 N–H and O–H groups in total. The summed E-state index contributed by atoms with van der Waals surface area (Å²) >= 11 is 0. The van der Waals surface area contributed by atoms with Crippen LogP contribution in [0.3, 0.4) is 0 Å². The van der Waals surface area contributed by atoms with E-state index in [2.05, 4.69) is 15.3 Å². The Balaban J connectivity index is 2.12. The number of aromatic nitrogens is 4. The molecule has 160 valence electrons. The average Bonchev–Trinajstić information content (AvgIpc) is 3.04. The topological polar surface area (TPSA) is 102 Å². The molecule has 0 atom stereocenters. The van der Waals surface area contributed by atoms with Crippen LogP contribution >= 0.6 is 0 Å². The largest absolute Gasteiger partial charge is 0.417 e. The Morgan fingerprint density at radius 2 is 1.93 bits per heavy atom. The smallest absolute Gasteiger partial charge is 0.356 e. The van der Waals surface area contributed by atoms with Crippen molar-refractivity contribution in [3.05, 3.63) is 56.2 Å². The molecular weight excluding hydrogens is 403 g/mol. The van der Waals surface area contributed by atoms with Crippen molar-refractivity contribution < 1.29 is 18.0 Å². The fraction of sp³-hybridized carbons (Fsp3) is 0.368. The number of carbonyl (C=O) groups is 1. The number of hydrogen-bond acceptors (Lipinski definition) is 5. The molecule has 2 aromatic heterocycles. The number of aromatic amines is 1. The minimum absolute atomic E-state index is 0.0275. The number of rotatable bonds is 7. The predicted octanol–water partition coefficient (Wildman–Crippen LogP) is 2.54. The quantitative estimate of drug-likeness (QED) is 0.449. The highest BCUT2D eigenvalue weighted by Gasteiger charge is 2.35. The summed E-state index contributed by atoms with van der Waals surface area (Å²) < 4.78 is 42.2. The zero-order valence-electron chi connectivity index (χ0n) is 16.3. The van der Waals surface area contributed by atoms with Gasteiger partial charge in [0, 0.05) is 19.2 Å². The van der Waals surface area contributed by atoms with Crippen molar-refractivity contribution in [3.8, 4) is 0 Å². The van der Waals surface area contributed by atoms with Crippen molar-refractivity contribution in [2.75, 3.05) is 11.9 Å². The number of carbonyl (C=O) groups excluding carboxylic acids is 1. The van der Waals surface area contributed by atoms with Gasteiger partial charge >= 0.3 is 11.9 Å². The van der Waals surface area contributed by atoms with Crippen molar-refractivity contribution in [1.29, 1.82) is 0 Å². The van der Waals surface area contributed by atoms with Gasteiger partial charge in [0.2, 0.25) is 5.95 Å². The number of ketones is 1. The van der Waals surface area contributed by atoms with E-state index >= 15 is 0 Å². The molecule has 3 aromatic rings. The number of halogens is 3. The molecule has 0 aliphatic rings. The van der Waals surface area contributed by atoms with E-state index in [0.29, 0.717) is 6.54 Å². The maximum atomic E-state index is 13.3. The van der Waals surface area contributed by atoms with Gasteiger partial charge in [-0.2, -0.15) is 18.2 Å². The molecule has 11 heteroatoms. The molecule has 8 nitrogen and oxygen atoms in total. The first kappa shape index (κ1) is 21.3. The van der Waals surface area contributed by atoms with E-state index in [0.717, 1.165) is 29.5 Å². The molecule has 0 aliphatic heterocycles. The number of nitrogens with zero attached hydrogens (tertiary/aromatic N) is 3. The number of H-pyrrole nitrogens is 1. The third kappa shape index (κ3) is 4.00. The Hall–Kier alpha value is -3.37. The molecule has 0 saturated heterocycles. The van der Waals surface area contributed by atoms with Crippen LogP contribution in [-0.4, -0.2) is 31.4 Å². The summed E-state index contributed by atoms with van der Waals surface area (Å²) in [6, 6.07) is 4.46. The van der Waals surface area contributed by atoms with Crippen LogP contribution in [-0.2, 0) is 19.8 Å². The van der Waals surface area contributed by atoms with E-state index in [1.165, 1.54) is 23.7 Å². The standard InChI is InChI=1S/C19H20F3N5O3/c1-3-4-9-23-17-24-15-14(16(29)25-18(30)26(15)2)27(17)10-13(28)11-7-5-6-8-12(11)19(20,21)22/h5-8H,3-4,9-10H2,1-2H3,(H,23,24)(H,25,29,30). The molecular formula is C19H20F3N5O3. The Labute approximate surface area is 168 Å². The molecule has 0 aliphatic carbocycles. The van der Waals surface area contributed by atoms with Gasteiger partial charge in [-0.15, -0.1) is 0 Å². The number of fused-ring (bicyclic) bond motifs is 1. The lowest BCUT2D eigenvalue weighted by molar-refractivity contribution is -0.137. The number of Topliss-reactive ketones (excluding diaryl/α,β-unsaturated/α-hetero) is 1. The van der Waals surface area contributed by atoms with Crippen molar-refractivity contribution >= 4 is 22.9 Å². The van der Waals surface area contributed by atoms with Crippen LogP contribution in [0.5, 0.6) is 0 Å². The fourth-order valence-corrected chi connectivity index (χ4v) is 3.10. The minimum Gasteiger partial charge on any atom is -0.356 e. The number of anilines is 1. The van der Waals surface area contributed by atoms with Crippen LogP contribution in [0.1, 0.15) is 35.7 Å². The van der Waals surface area contributed by atoms with Gasteiger partial charge in [0.1, 0.15) is 0 Å². The first-order valence-electron chi connectivity index (χ1n) is 9.28. The highest BCUT2D eigenvalue weighted by atomic mass is 19.4. The zero-order chi connectivity index (χ0) is 22.1. The molecule has 1 aromatic carbocycles. The zero-order valence-corrected chi connectivity index (χ0v) is 16.3. The van der Waals surface area contributed by atoms with Crippen LogP contribution in [0.25, 0.3) is 11.2 Å². The summed E-state index contributed by atoms with van der Waals surface area (Å²) in [6.07, 6.45) is -3.07. The molecule has 0 radical (unpaired) electrons. The van der Waals surface area contributed by atoms with Crippen LogP contribution in [0.2, 0.25) is 0 Å². The summed E-state index contributed by atoms with van der Waals surface area (Å²) in [5.74, 6) is -0.711. The average molecular weight is 423 g/mol. The van der Waals surface area contributed by atoms with Gasteiger partial charge in [0.25, 0.3) is 5.56 Å². The summed E-state index contributed by atoms with van der Waals surface area (Å²) in [5, 5.41) is 2.99. The molecule has 0 saturated carbocycles. The lowest BCUT2D eigenvalue weighted by Crippen LogP contribution is -2.29. The van der Waals surface area contributed by atoms with Gasteiger partial charge in [-0.25, -0.2) is 4.79 Å². The van der Waals surface area contributed by atoms with Gasteiger partial charge < -0.3 is 5.32 Å². The second-order valence-electron chi connectivity index (χ2n) is 6.76. The maximum Gasteiger partial charge on any atom is 0.417 e. The third-order valence-corrected chi connectivity index (χ3v) is 4.66. The van der Waals surface area contributed by atoms with Crippen molar-refractivity contribution in [3.63, 3.8) is 0 Å². The molecule has 0 fully saturated rings. The number of imidazole rings is 1. The van der Waals surface area contributed by atoms with E-state index in [4.69, 9.17) is 0 Å². The summed E-state index contributed by atoms with van der Waals surface area (Å²) in [7, 11) is 1.40. The highest BCUT2D eigenvalue weighted by Crippen LogP contribution is 2.32. The van der Waals surface area contributed by atoms with Gasteiger partial charge in [0.05, 0.1) is 12.1 Å². The molecule has 0 bridgehead atoms. The van der Waals surface area contributed by atoms with Crippen molar-refractivity contribution in [1.82, 2.24) is 19.1 Å². The SMILES string of the molecule is CCCCNc1nc2c(c(=O)[nH]c(=O)n2C)n1CC(=O)c1ccccc1C(F)(F)F. The van der Waals surface area contributed by atoms with Crippen molar-refractivity contribution in [2.24, 2.45) is 7.05 Å². The second kappa shape index (κ2) is 8.17. The first-order valence-corrected chi connectivity index (χ1v) is 9.28. The number of alkyl halides is 3. The molecule has 0 amide bonds. The molecule has 30 heavy (non-hydrogen) atoms. The second-order valence-corrected chi connectivity index (χ2v) is 6.76. The highest BCUT2D eigenvalue weighted by molar-refractivity contribution is 5.98. The Bertz CT molecular complexity index is 1210. The molecule has 3 rings (SSSR count). The van der Waals surface area contributed by atoms with Crippen LogP contribution < -0.4 is 16.6 Å². The summed E-state index contributed by atoms with van der Waals surface area (Å²) in [5.41, 5.74) is -3.07. The Morgan fingerprint density at radius 3 is 2.60 bits per heavy atom. The van der Waals surface area contributed by atoms with Gasteiger partial charge in [-0.1, -0.05) is 31.5 Å². The Morgan fingerprint density at radius 1 is 1.23 bits per heavy atom. The molecule has 0 unspecified atom stereocenters. The minimum atomic E-state index is -4.70. The number of unbranched alkanes of at least 4 members (excludes halogenated alkanes) is 1. The number of nitrogens with one attached hydrogen (secondary N) is 2. The lowest BCUT2D eigenvalue weighted by atomic mass is 10.0. The molecule has 0 spiro atoms. The number of benzene rings is 1. The van der Waals surface area contributed by atoms with Gasteiger partial charge in [-0.3, -0.25) is 23.7 Å². The fourth-order valence-electron chi connectivity index (χ4n) is 3.10. The van der Waals surface area contributed by atoms with Gasteiger partial charge in [-0.05, 0) is 12.5 Å². The van der Waals surface area contributed by atoms with E-state index < -0.39 is 40.9 Å². The number of aryl methyl sites for hydroxylation is 1. The van der Waals surface area contributed by atoms with Crippen LogP contribution in [0.4, 0.5) is 19.1 Å². The summed E-state index contributed by atoms with van der Waals surface area (Å²) in [6.45, 7) is 1.88. The first-order chi connectivity index (χ1) is 14.1.